The highest BCUT2D eigenvalue weighted by Crippen LogP contribution is 2.34. The maximum atomic E-state index is 11.8. The van der Waals surface area contributed by atoms with Gasteiger partial charge in [-0.2, -0.15) is 0 Å². The minimum Gasteiger partial charge on any atom is -0.497 e. The van der Waals surface area contributed by atoms with Gasteiger partial charge in [-0.25, -0.2) is 9.50 Å². The molecule has 2 heterocycles. The number of benzene rings is 2. The molecule has 0 aliphatic rings. The zero-order valence-corrected chi connectivity index (χ0v) is 15.1. The Morgan fingerprint density at radius 1 is 1.11 bits per heavy atom. The van der Waals surface area contributed by atoms with Crippen LogP contribution in [0.15, 0.2) is 60.7 Å². The topological polar surface area (TPSA) is 85.5 Å². The summed E-state index contributed by atoms with van der Waals surface area (Å²) in [6.45, 7) is 0. The first kappa shape index (κ1) is 16.9. The van der Waals surface area contributed by atoms with Crippen LogP contribution in [-0.4, -0.2) is 26.6 Å². The number of ether oxygens (including phenoxy) is 1. The Morgan fingerprint density at radius 2 is 1.81 bits per heavy atom. The maximum Gasteiger partial charge on any atom is 0.320 e. The molecule has 134 valence electrons. The Balaban J connectivity index is 1.97. The van der Waals surface area contributed by atoms with E-state index in [0.29, 0.717) is 28.2 Å². The van der Waals surface area contributed by atoms with Gasteiger partial charge in [0.1, 0.15) is 17.0 Å². The van der Waals surface area contributed by atoms with Crippen LogP contribution in [0.2, 0.25) is 0 Å². The summed E-state index contributed by atoms with van der Waals surface area (Å²) in [6, 6.07) is 18.1. The second kappa shape index (κ2) is 6.65. The van der Waals surface area contributed by atoms with Crippen molar-refractivity contribution in [2.75, 3.05) is 7.11 Å². The van der Waals surface area contributed by atoms with Crippen molar-refractivity contribution in [2.24, 2.45) is 0 Å². The Kier molecular flexibility index (Phi) is 4.17. The quantitative estimate of drug-likeness (QED) is 0.318. The molecule has 4 aromatic rings. The molecule has 8 heteroatoms. The van der Waals surface area contributed by atoms with Gasteiger partial charge in [0.05, 0.1) is 17.7 Å². The summed E-state index contributed by atoms with van der Waals surface area (Å²) >= 11 is 5.37. The van der Waals surface area contributed by atoms with Gasteiger partial charge in [0, 0.05) is 11.1 Å². The number of nitro groups is 1. The molecule has 0 unspecified atom stereocenters. The van der Waals surface area contributed by atoms with Gasteiger partial charge in [-0.1, -0.05) is 30.3 Å². The molecule has 0 aliphatic carbocycles. The Morgan fingerprint density at radius 3 is 2.44 bits per heavy atom. The van der Waals surface area contributed by atoms with E-state index in [2.05, 4.69) is 10.1 Å². The van der Waals surface area contributed by atoms with Gasteiger partial charge in [0.2, 0.25) is 4.77 Å². The first-order valence-electron chi connectivity index (χ1n) is 8.08. The number of aromatic nitrogens is 3. The van der Waals surface area contributed by atoms with Crippen molar-refractivity contribution in [1.82, 2.24) is 14.6 Å². The van der Waals surface area contributed by atoms with Crippen LogP contribution in [0, 0.1) is 14.9 Å². The van der Waals surface area contributed by atoms with Crippen LogP contribution in [0.4, 0.5) is 5.69 Å². The number of H-pyrrole nitrogens is 1. The summed E-state index contributed by atoms with van der Waals surface area (Å²) in [7, 11) is 1.59. The average Bonchev–Trinajstić information content (AvgIpc) is 3.09. The molecule has 0 saturated carbocycles. The number of hydrogen-bond donors (Lipinski definition) is 1. The van der Waals surface area contributed by atoms with Gasteiger partial charge in [-0.05, 0) is 42.5 Å². The SMILES string of the molecule is COc1ccc(-c2cc3c([N+](=O)[O-])c(-c4ccccc4)[nH]n3c(=S)n2)cc1. The lowest BCUT2D eigenvalue weighted by Gasteiger charge is -2.04. The standard InChI is InChI=1S/C19H14N4O3S/c1-26-14-9-7-12(8-10-14)15-11-16-18(23(24)25)17(13-5-3-2-4-6-13)21-22(16)19(27)20-15/h2-11,21H,1H3. The van der Waals surface area contributed by atoms with Crippen LogP contribution >= 0.6 is 12.2 Å². The van der Waals surface area contributed by atoms with Gasteiger partial charge in [0.25, 0.3) is 0 Å². The second-order valence-corrected chi connectivity index (χ2v) is 6.20. The fourth-order valence-corrected chi connectivity index (χ4v) is 3.20. The lowest BCUT2D eigenvalue weighted by molar-refractivity contribution is -0.382. The van der Waals surface area contributed by atoms with E-state index in [1.165, 1.54) is 4.52 Å². The van der Waals surface area contributed by atoms with Gasteiger partial charge in [-0.3, -0.25) is 15.2 Å². The molecular weight excluding hydrogens is 364 g/mol. The highest BCUT2D eigenvalue weighted by atomic mass is 32.1. The first-order chi connectivity index (χ1) is 13.1. The van der Waals surface area contributed by atoms with Crippen LogP contribution in [-0.2, 0) is 0 Å². The third-order valence-electron chi connectivity index (χ3n) is 4.26. The van der Waals surface area contributed by atoms with E-state index in [4.69, 9.17) is 17.0 Å². The molecule has 0 spiro atoms. The summed E-state index contributed by atoms with van der Waals surface area (Å²) in [6.07, 6.45) is 0. The summed E-state index contributed by atoms with van der Waals surface area (Å²) in [5.41, 5.74) is 2.77. The highest BCUT2D eigenvalue weighted by Gasteiger charge is 2.24. The van der Waals surface area contributed by atoms with E-state index in [0.717, 1.165) is 5.56 Å². The molecule has 27 heavy (non-hydrogen) atoms. The minimum atomic E-state index is -0.402. The number of nitrogens with zero attached hydrogens (tertiary/aromatic N) is 3. The number of aromatic amines is 1. The number of hydrogen-bond acceptors (Lipinski definition) is 5. The fourth-order valence-electron chi connectivity index (χ4n) is 2.96. The molecule has 1 N–H and O–H groups in total. The van der Waals surface area contributed by atoms with Crippen molar-refractivity contribution >= 4 is 23.4 Å². The van der Waals surface area contributed by atoms with Gasteiger partial charge in [0.15, 0.2) is 0 Å². The molecule has 0 amide bonds. The zero-order chi connectivity index (χ0) is 19.0. The summed E-state index contributed by atoms with van der Waals surface area (Å²) in [4.78, 5) is 15.8. The number of nitrogens with one attached hydrogen (secondary N) is 1. The zero-order valence-electron chi connectivity index (χ0n) is 14.2. The Bertz CT molecular complexity index is 1200. The molecule has 0 aliphatic heterocycles. The third kappa shape index (κ3) is 2.96. The largest absolute Gasteiger partial charge is 0.497 e. The second-order valence-electron chi connectivity index (χ2n) is 5.83. The number of methoxy groups -OCH3 is 1. The average molecular weight is 378 g/mol. The summed E-state index contributed by atoms with van der Waals surface area (Å²) in [5.74, 6) is 0.715. The smallest absolute Gasteiger partial charge is 0.320 e. The van der Waals surface area contributed by atoms with E-state index in [9.17, 15) is 10.1 Å². The van der Waals surface area contributed by atoms with Gasteiger partial charge in [-0.15, -0.1) is 0 Å². The monoisotopic (exact) mass is 378 g/mol. The van der Waals surface area contributed by atoms with Crippen molar-refractivity contribution in [1.29, 1.82) is 0 Å². The van der Waals surface area contributed by atoms with Crippen molar-refractivity contribution in [3.05, 3.63) is 75.5 Å². The highest BCUT2D eigenvalue weighted by molar-refractivity contribution is 7.71. The maximum absolute atomic E-state index is 11.8. The van der Waals surface area contributed by atoms with E-state index in [1.807, 2.05) is 30.3 Å². The Hall–Kier alpha value is -3.52. The molecule has 0 bridgehead atoms. The molecule has 4 rings (SSSR count). The van der Waals surface area contributed by atoms with E-state index < -0.39 is 4.92 Å². The normalized spacial score (nSPS) is 10.9. The molecule has 2 aromatic heterocycles. The number of rotatable bonds is 4. The van der Waals surface area contributed by atoms with Gasteiger partial charge >= 0.3 is 5.69 Å². The van der Waals surface area contributed by atoms with Crippen LogP contribution in [0.5, 0.6) is 5.75 Å². The lowest BCUT2D eigenvalue weighted by Crippen LogP contribution is -1.96. The lowest BCUT2D eigenvalue weighted by atomic mass is 10.1. The first-order valence-corrected chi connectivity index (χ1v) is 8.49. The predicted octanol–water partition coefficient (Wildman–Crippen LogP) is 4.64. The third-order valence-corrected chi connectivity index (χ3v) is 4.53. The molecule has 0 fully saturated rings. The van der Waals surface area contributed by atoms with Crippen molar-refractivity contribution in [3.63, 3.8) is 0 Å². The summed E-state index contributed by atoms with van der Waals surface area (Å²) < 4.78 is 6.84. The molecular formula is C19H14N4O3S. The van der Waals surface area contributed by atoms with E-state index in [-0.39, 0.29) is 10.5 Å². The summed E-state index contributed by atoms with van der Waals surface area (Å²) in [5, 5.41) is 14.8. The fraction of sp³-hybridized carbons (Fsp3) is 0.0526. The van der Waals surface area contributed by atoms with Gasteiger partial charge < -0.3 is 4.74 Å². The van der Waals surface area contributed by atoms with Crippen LogP contribution in [0.3, 0.4) is 0 Å². The Labute approximate surface area is 159 Å². The predicted molar refractivity (Wildman–Crippen MR) is 104 cm³/mol. The van der Waals surface area contributed by atoms with Crippen LogP contribution in [0.25, 0.3) is 28.0 Å². The molecule has 0 atom stereocenters. The van der Waals surface area contributed by atoms with Crippen molar-refractivity contribution < 1.29 is 9.66 Å². The van der Waals surface area contributed by atoms with Crippen LogP contribution in [0.1, 0.15) is 0 Å². The minimum absolute atomic E-state index is 0.0375. The van der Waals surface area contributed by atoms with E-state index in [1.54, 1.807) is 37.4 Å². The molecule has 0 radical (unpaired) electrons. The van der Waals surface area contributed by atoms with Crippen molar-refractivity contribution in [3.8, 4) is 28.3 Å². The van der Waals surface area contributed by atoms with Crippen molar-refractivity contribution in [2.45, 2.75) is 0 Å². The molecule has 7 nitrogen and oxygen atoms in total. The molecule has 2 aromatic carbocycles. The molecule has 0 saturated heterocycles. The van der Waals surface area contributed by atoms with E-state index >= 15 is 0 Å². The number of fused-ring (bicyclic) bond motifs is 1. The van der Waals surface area contributed by atoms with Crippen LogP contribution < -0.4 is 4.74 Å².